The SMILES string of the molecule is CC(=O)Nc1ccc(F)c(NC(=O)N2CCC(COc3ccccc3)CC2)c1. The molecule has 1 aliphatic rings. The Kier molecular flexibility index (Phi) is 6.47. The highest BCUT2D eigenvalue weighted by atomic mass is 19.1. The maximum atomic E-state index is 14.0. The van der Waals surface area contributed by atoms with Gasteiger partial charge in [0, 0.05) is 25.7 Å². The number of nitrogens with zero attached hydrogens (tertiary/aromatic N) is 1. The summed E-state index contributed by atoms with van der Waals surface area (Å²) in [6.45, 7) is 3.16. The number of amides is 3. The maximum absolute atomic E-state index is 14.0. The molecule has 28 heavy (non-hydrogen) atoms. The lowest BCUT2D eigenvalue weighted by atomic mass is 9.98. The Balaban J connectivity index is 1.49. The molecule has 6 nitrogen and oxygen atoms in total. The summed E-state index contributed by atoms with van der Waals surface area (Å²) in [7, 11) is 0. The molecule has 0 saturated carbocycles. The summed E-state index contributed by atoms with van der Waals surface area (Å²) < 4.78 is 19.8. The number of carbonyl (C=O) groups is 2. The van der Waals surface area contributed by atoms with Crippen LogP contribution >= 0.6 is 0 Å². The summed E-state index contributed by atoms with van der Waals surface area (Å²) in [6, 6.07) is 13.4. The van der Waals surface area contributed by atoms with Gasteiger partial charge in [0.2, 0.25) is 5.91 Å². The Bertz CT molecular complexity index is 821. The van der Waals surface area contributed by atoms with Crippen LogP contribution in [0.4, 0.5) is 20.6 Å². The number of rotatable bonds is 5. The lowest BCUT2D eigenvalue weighted by Crippen LogP contribution is -2.42. The number of hydrogen-bond acceptors (Lipinski definition) is 3. The van der Waals surface area contributed by atoms with E-state index in [0.717, 1.165) is 18.6 Å². The number of halogens is 1. The molecule has 0 aromatic heterocycles. The molecule has 2 aromatic rings. The third-order valence-corrected chi connectivity index (χ3v) is 4.66. The van der Waals surface area contributed by atoms with E-state index in [1.807, 2.05) is 30.3 Å². The molecule has 0 aliphatic carbocycles. The fourth-order valence-electron chi connectivity index (χ4n) is 3.13. The van der Waals surface area contributed by atoms with E-state index in [0.29, 0.717) is 31.3 Å². The first-order chi connectivity index (χ1) is 13.5. The topological polar surface area (TPSA) is 70.7 Å². The van der Waals surface area contributed by atoms with Crippen molar-refractivity contribution in [3.05, 3.63) is 54.3 Å². The van der Waals surface area contributed by atoms with Crippen molar-refractivity contribution in [2.24, 2.45) is 5.92 Å². The second-order valence-electron chi connectivity index (χ2n) is 6.86. The lowest BCUT2D eigenvalue weighted by Gasteiger charge is -2.32. The third kappa shape index (κ3) is 5.45. The highest BCUT2D eigenvalue weighted by Gasteiger charge is 2.24. The normalized spacial score (nSPS) is 14.4. The summed E-state index contributed by atoms with van der Waals surface area (Å²) in [5.74, 6) is 0.415. The fourth-order valence-corrected chi connectivity index (χ4v) is 3.13. The van der Waals surface area contributed by atoms with Gasteiger partial charge in [-0.25, -0.2) is 9.18 Å². The molecule has 0 bridgehead atoms. The molecule has 1 saturated heterocycles. The van der Waals surface area contributed by atoms with Crippen LogP contribution < -0.4 is 15.4 Å². The molecular weight excluding hydrogens is 361 g/mol. The highest BCUT2D eigenvalue weighted by Crippen LogP contribution is 2.23. The van der Waals surface area contributed by atoms with Gasteiger partial charge in [0.05, 0.1) is 12.3 Å². The summed E-state index contributed by atoms with van der Waals surface area (Å²) >= 11 is 0. The van der Waals surface area contributed by atoms with Crippen LogP contribution in [0.2, 0.25) is 0 Å². The molecule has 1 heterocycles. The first-order valence-electron chi connectivity index (χ1n) is 9.32. The Morgan fingerprint density at radius 1 is 1.11 bits per heavy atom. The lowest BCUT2D eigenvalue weighted by molar-refractivity contribution is -0.114. The Labute approximate surface area is 163 Å². The van der Waals surface area contributed by atoms with Crippen LogP contribution in [0, 0.1) is 11.7 Å². The molecular formula is C21H24FN3O3. The molecule has 0 atom stereocenters. The van der Waals surface area contributed by atoms with Gasteiger partial charge in [-0.15, -0.1) is 0 Å². The third-order valence-electron chi connectivity index (χ3n) is 4.66. The van der Waals surface area contributed by atoms with Gasteiger partial charge in [0.25, 0.3) is 0 Å². The second-order valence-corrected chi connectivity index (χ2v) is 6.86. The standard InChI is InChI=1S/C21H24FN3O3/c1-15(26)23-17-7-8-19(22)20(13-17)24-21(27)25-11-9-16(10-12-25)14-28-18-5-3-2-4-6-18/h2-8,13,16H,9-12,14H2,1H3,(H,23,26)(H,24,27). The van der Waals surface area contributed by atoms with E-state index in [-0.39, 0.29) is 17.6 Å². The van der Waals surface area contributed by atoms with Gasteiger partial charge in [0.1, 0.15) is 11.6 Å². The molecule has 0 spiro atoms. The van der Waals surface area contributed by atoms with Gasteiger partial charge in [-0.1, -0.05) is 18.2 Å². The number of piperidine rings is 1. The Hall–Kier alpha value is -3.09. The van der Waals surface area contributed by atoms with Gasteiger partial charge < -0.3 is 20.3 Å². The summed E-state index contributed by atoms with van der Waals surface area (Å²) in [5, 5.41) is 5.17. The predicted molar refractivity (Wildman–Crippen MR) is 106 cm³/mol. The van der Waals surface area contributed by atoms with Crippen molar-refractivity contribution in [2.75, 3.05) is 30.3 Å². The van der Waals surface area contributed by atoms with Crippen LogP contribution in [0.3, 0.4) is 0 Å². The van der Waals surface area contributed by atoms with Crippen LogP contribution in [0.25, 0.3) is 0 Å². The summed E-state index contributed by atoms with van der Waals surface area (Å²) in [4.78, 5) is 25.3. The molecule has 0 radical (unpaired) electrons. The zero-order valence-corrected chi connectivity index (χ0v) is 15.8. The number of anilines is 2. The summed E-state index contributed by atoms with van der Waals surface area (Å²) in [5.41, 5.74) is 0.478. The van der Waals surface area contributed by atoms with Gasteiger partial charge in [-0.2, -0.15) is 0 Å². The number of ether oxygens (including phenoxy) is 1. The molecule has 3 amide bonds. The van der Waals surface area contributed by atoms with Crippen molar-refractivity contribution in [1.29, 1.82) is 0 Å². The van der Waals surface area contributed by atoms with E-state index in [1.54, 1.807) is 4.90 Å². The van der Waals surface area contributed by atoms with Crippen molar-refractivity contribution in [2.45, 2.75) is 19.8 Å². The van der Waals surface area contributed by atoms with E-state index in [4.69, 9.17) is 4.74 Å². The number of hydrogen-bond donors (Lipinski definition) is 2. The van der Waals surface area contributed by atoms with E-state index in [9.17, 15) is 14.0 Å². The molecule has 1 aliphatic heterocycles. The first kappa shape index (κ1) is 19.7. The van der Waals surface area contributed by atoms with Gasteiger partial charge in [-0.3, -0.25) is 4.79 Å². The second kappa shape index (κ2) is 9.21. The van der Waals surface area contributed by atoms with Crippen LogP contribution in [0.1, 0.15) is 19.8 Å². The Morgan fingerprint density at radius 2 is 1.82 bits per heavy atom. The number of carbonyl (C=O) groups excluding carboxylic acids is 2. The van der Waals surface area contributed by atoms with Crippen molar-refractivity contribution in [3.63, 3.8) is 0 Å². The molecule has 2 N–H and O–H groups in total. The van der Waals surface area contributed by atoms with Crippen molar-refractivity contribution >= 4 is 23.3 Å². The maximum Gasteiger partial charge on any atom is 0.321 e. The number of nitrogens with one attached hydrogen (secondary N) is 2. The van der Waals surface area contributed by atoms with Crippen LogP contribution in [-0.4, -0.2) is 36.5 Å². The first-order valence-corrected chi connectivity index (χ1v) is 9.32. The number of para-hydroxylation sites is 1. The largest absolute Gasteiger partial charge is 0.493 e. The fraction of sp³-hybridized carbons (Fsp3) is 0.333. The molecule has 148 valence electrons. The predicted octanol–water partition coefficient (Wildman–Crippen LogP) is 4.11. The highest BCUT2D eigenvalue weighted by molar-refractivity contribution is 5.92. The number of benzene rings is 2. The van der Waals surface area contributed by atoms with Crippen molar-refractivity contribution < 1.29 is 18.7 Å². The van der Waals surface area contributed by atoms with E-state index >= 15 is 0 Å². The zero-order valence-electron chi connectivity index (χ0n) is 15.8. The van der Waals surface area contributed by atoms with E-state index < -0.39 is 5.82 Å². The smallest absolute Gasteiger partial charge is 0.321 e. The quantitative estimate of drug-likeness (QED) is 0.814. The van der Waals surface area contributed by atoms with Gasteiger partial charge in [-0.05, 0) is 49.1 Å². The molecule has 1 fully saturated rings. The van der Waals surface area contributed by atoms with E-state index in [1.165, 1.54) is 25.1 Å². The minimum Gasteiger partial charge on any atom is -0.493 e. The Morgan fingerprint density at radius 3 is 2.50 bits per heavy atom. The monoisotopic (exact) mass is 385 g/mol. The van der Waals surface area contributed by atoms with Crippen molar-refractivity contribution in [1.82, 2.24) is 4.90 Å². The zero-order chi connectivity index (χ0) is 19.9. The average Bonchev–Trinajstić information content (AvgIpc) is 2.69. The minimum absolute atomic E-state index is 0.0470. The molecule has 2 aromatic carbocycles. The van der Waals surface area contributed by atoms with Gasteiger partial charge >= 0.3 is 6.03 Å². The van der Waals surface area contributed by atoms with Crippen LogP contribution in [-0.2, 0) is 4.79 Å². The minimum atomic E-state index is -0.548. The van der Waals surface area contributed by atoms with E-state index in [2.05, 4.69) is 10.6 Å². The number of likely N-dealkylation sites (tertiary alicyclic amines) is 1. The molecule has 7 heteroatoms. The number of urea groups is 1. The molecule has 3 rings (SSSR count). The van der Waals surface area contributed by atoms with Crippen molar-refractivity contribution in [3.8, 4) is 5.75 Å². The van der Waals surface area contributed by atoms with Crippen LogP contribution in [0.15, 0.2) is 48.5 Å². The average molecular weight is 385 g/mol. The summed E-state index contributed by atoms with van der Waals surface area (Å²) in [6.07, 6.45) is 1.66. The van der Waals surface area contributed by atoms with Gasteiger partial charge in [0.15, 0.2) is 0 Å². The van der Waals surface area contributed by atoms with Crippen LogP contribution in [0.5, 0.6) is 5.75 Å². The molecule has 0 unspecified atom stereocenters.